The highest BCUT2D eigenvalue weighted by Gasteiger charge is 2.17. The molecule has 2 rings (SSSR count). The van der Waals surface area contributed by atoms with Crippen LogP contribution in [0.2, 0.25) is 0 Å². The molecule has 1 amide bonds. The highest BCUT2D eigenvalue weighted by molar-refractivity contribution is 5.80. The molecule has 0 saturated heterocycles. The van der Waals surface area contributed by atoms with Crippen LogP contribution in [0, 0.1) is 5.82 Å². The van der Waals surface area contributed by atoms with Gasteiger partial charge >= 0.3 is 0 Å². The molecule has 3 nitrogen and oxygen atoms in total. The lowest BCUT2D eigenvalue weighted by Crippen LogP contribution is -2.38. The van der Waals surface area contributed by atoms with E-state index >= 15 is 0 Å². The minimum atomic E-state index is -0.750. The molecule has 0 unspecified atom stereocenters. The normalized spacial score (nSPS) is 13.2. The van der Waals surface area contributed by atoms with Gasteiger partial charge in [0, 0.05) is 6.54 Å². The Morgan fingerprint density at radius 2 is 1.73 bits per heavy atom. The monoisotopic (exact) mass is 301 g/mol. The van der Waals surface area contributed by atoms with E-state index in [0.29, 0.717) is 6.54 Å². The molecule has 0 aromatic heterocycles. The van der Waals surface area contributed by atoms with Crippen LogP contribution in [-0.2, 0) is 4.79 Å². The molecule has 0 spiro atoms. The van der Waals surface area contributed by atoms with E-state index < -0.39 is 11.9 Å². The SMILES string of the molecule is C[C@@H](Oc1ccccc1F)C(=O)NC[C@H](C)c1ccccc1. The number of hydrogen-bond acceptors (Lipinski definition) is 2. The Morgan fingerprint density at radius 1 is 1.09 bits per heavy atom. The summed E-state index contributed by atoms with van der Waals surface area (Å²) in [6.45, 7) is 4.15. The molecule has 0 radical (unpaired) electrons. The third kappa shape index (κ3) is 4.32. The fourth-order valence-corrected chi connectivity index (χ4v) is 2.08. The molecule has 0 heterocycles. The number of ether oxygens (including phenoxy) is 1. The zero-order valence-electron chi connectivity index (χ0n) is 12.8. The molecule has 4 heteroatoms. The topological polar surface area (TPSA) is 38.3 Å². The van der Waals surface area contributed by atoms with Crippen LogP contribution in [0.5, 0.6) is 5.75 Å². The van der Waals surface area contributed by atoms with Gasteiger partial charge < -0.3 is 10.1 Å². The van der Waals surface area contributed by atoms with Crippen molar-refractivity contribution in [2.75, 3.05) is 6.54 Å². The molecular formula is C18H20FNO2. The third-order valence-corrected chi connectivity index (χ3v) is 3.46. The summed E-state index contributed by atoms with van der Waals surface area (Å²) >= 11 is 0. The first kappa shape index (κ1) is 16.0. The maximum Gasteiger partial charge on any atom is 0.260 e. The Hall–Kier alpha value is -2.36. The number of para-hydroxylation sites is 1. The summed E-state index contributed by atoms with van der Waals surface area (Å²) in [6.07, 6.45) is -0.750. The lowest BCUT2D eigenvalue weighted by molar-refractivity contribution is -0.127. The predicted molar refractivity (Wildman–Crippen MR) is 84.4 cm³/mol. The molecule has 0 aliphatic carbocycles. The summed E-state index contributed by atoms with van der Waals surface area (Å²) in [5.41, 5.74) is 1.16. The average molecular weight is 301 g/mol. The largest absolute Gasteiger partial charge is 0.478 e. The van der Waals surface area contributed by atoms with Crippen molar-refractivity contribution in [2.45, 2.75) is 25.9 Å². The highest BCUT2D eigenvalue weighted by Crippen LogP contribution is 2.17. The van der Waals surface area contributed by atoms with Gasteiger partial charge in [0.15, 0.2) is 17.7 Å². The van der Waals surface area contributed by atoms with Gasteiger partial charge in [-0.15, -0.1) is 0 Å². The van der Waals surface area contributed by atoms with Crippen molar-refractivity contribution in [1.82, 2.24) is 5.32 Å². The Balaban J connectivity index is 1.85. The van der Waals surface area contributed by atoms with Gasteiger partial charge in [-0.3, -0.25) is 4.79 Å². The summed E-state index contributed by atoms with van der Waals surface area (Å²) < 4.78 is 18.8. The molecule has 1 N–H and O–H groups in total. The summed E-state index contributed by atoms with van der Waals surface area (Å²) in [5, 5.41) is 2.83. The molecule has 2 aromatic rings. The third-order valence-electron chi connectivity index (χ3n) is 3.46. The van der Waals surface area contributed by atoms with Crippen molar-refractivity contribution in [3.05, 3.63) is 66.0 Å². The minimum absolute atomic E-state index is 0.0845. The minimum Gasteiger partial charge on any atom is -0.478 e. The number of carbonyl (C=O) groups is 1. The van der Waals surface area contributed by atoms with Crippen molar-refractivity contribution in [3.63, 3.8) is 0 Å². The van der Waals surface area contributed by atoms with Crippen molar-refractivity contribution < 1.29 is 13.9 Å². The number of carbonyl (C=O) groups excluding carboxylic acids is 1. The van der Waals surface area contributed by atoms with Crippen LogP contribution >= 0.6 is 0 Å². The first-order valence-corrected chi connectivity index (χ1v) is 7.31. The zero-order valence-corrected chi connectivity index (χ0v) is 12.8. The fourth-order valence-electron chi connectivity index (χ4n) is 2.08. The smallest absolute Gasteiger partial charge is 0.260 e. The lowest BCUT2D eigenvalue weighted by atomic mass is 10.0. The quantitative estimate of drug-likeness (QED) is 0.886. The van der Waals surface area contributed by atoms with Crippen LogP contribution in [0.25, 0.3) is 0 Å². The molecule has 2 atom stereocenters. The van der Waals surface area contributed by atoms with E-state index in [1.165, 1.54) is 12.1 Å². The summed E-state index contributed by atoms with van der Waals surface area (Å²) in [7, 11) is 0. The van der Waals surface area contributed by atoms with Gasteiger partial charge in [0.1, 0.15) is 0 Å². The first-order chi connectivity index (χ1) is 10.6. The number of benzene rings is 2. The first-order valence-electron chi connectivity index (χ1n) is 7.31. The second-order valence-electron chi connectivity index (χ2n) is 5.25. The van der Waals surface area contributed by atoms with Gasteiger partial charge in [-0.05, 0) is 30.5 Å². The number of halogens is 1. The van der Waals surface area contributed by atoms with Crippen molar-refractivity contribution >= 4 is 5.91 Å². The standard InChI is InChI=1S/C18H20FNO2/c1-13(15-8-4-3-5-9-15)12-20-18(21)14(2)22-17-11-7-6-10-16(17)19/h3-11,13-14H,12H2,1-2H3,(H,20,21)/t13-,14+/m0/s1. The molecule has 2 aromatic carbocycles. The van der Waals surface area contributed by atoms with Gasteiger partial charge in [0.2, 0.25) is 0 Å². The van der Waals surface area contributed by atoms with Gasteiger partial charge in [0.05, 0.1) is 0 Å². The van der Waals surface area contributed by atoms with Gasteiger partial charge in [-0.2, -0.15) is 0 Å². The fraction of sp³-hybridized carbons (Fsp3) is 0.278. The van der Waals surface area contributed by atoms with Crippen LogP contribution in [0.3, 0.4) is 0 Å². The number of nitrogens with one attached hydrogen (secondary N) is 1. The van der Waals surface area contributed by atoms with Crippen molar-refractivity contribution in [2.24, 2.45) is 0 Å². The Bertz CT molecular complexity index is 615. The zero-order chi connectivity index (χ0) is 15.9. The average Bonchev–Trinajstić information content (AvgIpc) is 2.55. The maximum atomic E-state index is 13.5. The van der Waals surface area contributed by atoms with Crippen LogP contribution in [-0.4, -0.2) is 18.6 Å². The Labute approximate surface area is 130 Å². The van der Waals surface area contributed by atoms with E-state index in [9.17, 15) is 9.18 Å². The Kier molecular flexibility index (Phi) is 5.53. The highest BCUT2D eigenvalue weighted by atomic mass is 19.1. The van der Waals surface area contributed by atoms with Crippen molar-refractivity contribution in [3.8, 4) is 5.75 Å². The molecule has 0 aliphatic rings. The molecule has 0 fully saturated rings. The lowest BCUT2D eigenvalue weighted by Gasteiger charge is -2.17. The van der Waals surface area contributed by atoms with Crippen LogP contribution in [0.4, 0.5) is 4.39 Å². The van der Waals surface area contributed by atoms with E-state index in [1.807, 2.05) is 37.3 Å². The summed E-state index contributed by atoms with van der Waals surface area (Å²) in [4.78, 5) is 12.0. The molecular weight excluding hydrogens is 281 g/mol. The van der Waals surface area contributed by atoms with E-state index in [-0.39, 0.29) is 17.6 Å². The van der Waals surface area contributed by atoms with Crippen LogP contribution in [0.15, 0.2) is 54.6 Å². The number of amides is 1. The van der Waals surface area contributed by atoms with Crippen molar-refractivity contribution in [1.29, 1.82) is 0 Å². The molecule has 116 valence electrons. The molecule has 0 aliphatic heterocycles. The maximum absolute atomic E-state index is 13.5. The predicted octanol–water partition coefficient (Wildman–Crippen LogP) is 3.51. The molecule has 0 bridgehead atoms. The van der Waals surface area contributed by atoms with Gasteiger partial charge in [0.25, 0.3) is 5.91 Å². The van der Waals surface area contributed by atoms with Gasteiger partial charge in [-0.25, -0.2) is 4.39 Å². The second-order valence-corrected chi connectivity index (χ2v) is 5.25. The van der Waals surface area contributed by atoms with Crippen LogP contribution in [0.1, 0.15) is 25.3 Å². The van der Waals surface area contributed by atoms with Crippen LogP contribution < -0.4 is 10.1 Å². The van der Waals surface area contributed by atoms with E-state index in [1.54, 1.807) is 19.1 Å². The van der Waals surface area contributed by atoms with Gasteiger partial charge in [-0.1, -0.05) is 49.4 Å². The summed E-state index contributed by atoms with van der Waals surface area (Å²) in [5.74, 6) is -0.446. The number of rotatable bonds is 6. The summed E-state index contributed by atoms with van der Waals surface area (Å²) in [6, 6.07) is 16.0. The molecule has 0 saturated carbocycles. The second kappa shape index (κ2) is 7.59. The molecule has 22 heavy (non-hydrogen) atoms. The Morgan fingerprint density at radius 3 is 2.41 bits per heavy atom. The number of hydrogen-bond donors (Lipinski definition) is 1. The van der Waals surface area contributed by atoms with E-state index in [4.69, 9.17) is 4.74 Å². The van der Waals surface area contributed by atoms with E-state index in [0.717, 1.165) is 5.56 Å². The van der Waals surface area contributed by atoms with E-state index in [2.05, 4.69) is 5.32 Å².